The lowest BCUT2D eigenvalue weighted by Gasteiger charge is -2.18. The number of anilines is 1. The molecule has 0 bridgehead atoms. The van der Waals surface area contributed by atoms with E-state index in [0.29, 0.717) is 17.3 Å². The summed E-state index contributed by atoms with van der Waals surface area (Å²) in [6, 6.07) is 2.91. The molecule has 2 fully saturated rings. The Hall–Kier alpha value is -3.43. The first-order chi connectivity index (χ1) is 14.6. The largest absolute Gasteiger partial charge is 0.356 e. The van der Waals surface area contributed by atoms with Crippen molar-refractivity contribution in [1.82, 2.24) is 24.7 Å². The van der Waals surface area contributed by atoms with Crippen molar-refractivity contribution < 1.29 is 8.91 Å². The Morgan fingerprint density at radius 2 is 2.07 bits per heavy atom. The van der Waals surface area contributed by atoms with E-state index >= 15 is 0 Å². The number of hydrogen-bond donors (Lipinski definition) is 0. The molecule has 3 aliphatic rings. The van der Waals surface area contributed by atoms with E-state index in [1.807, 2.05) is 6.92 Å². The van der Waals surface area contributed by atoms with Crippen LogP contribution in [0.25, 0.3) is 0 Å². The number of fused-ring (bicyclic) bond motifs is 2. The standard InChI is InChI=1S/C10H11FN2.C10H9N5O2/c11-9-1-2-12-10(4-9)13-5-7-3-8(7)6-13;1-6-2-11-9-8(6)10(16)15(5-13-9)3-7-12-4-14-17-7/h1-2,4,7-8H,3,5-6H2;2,4-6H,3H2,1H3/t7-,8+;. The molecule has 3 aromatic rings. The number of hydrogen-bond acceptors (Lipinski definition) is 8. The molecule has 0 spiro atoms. The molecule has 5 heterocycles. The Morgan fingerprint density at radius 3 is 2.80 bits per heavy atom. The second kappa shape index (κ2) is 7.43. The summed E-state index contributed by atoms with van der Waals surface area (Å²) in [5.41, 5.74) is 0.505. The van der Waals surface area contributed by atoms with Crippen LogP contribution in [0.3, 0.4) is 0 Å². The highest BCUT2D eigenvalue weighted by atomic mass is 19.1. The Bertz CT molecular complexity index is 1130. The highest BCUT2D eigenvalue weighted by molar-refractivity contribution is 5.77. The highest BCUT2D eigenvalue weighted by Crippen LogP contribution is 2.45. The van der Waals surface area contributed by atoms with Gasteiger partial charge in [-0.1, -0.05) is 12.1 Å². The first kappa shape index (κ1) is 18.6. The molecule has 154 valence electrons. The van der Waals surface area contributed by atoms with Crippen LogP contribution < -0.4 is 10.5 Å². The van der Waals surface area contributed by atoms with E-state index in [1.165, 1.54) is 42.0 Å². The van der Waals surface area contributed by atoms with Gasteiger partial charge in [0.25, 0.3) is 5.56 Å². The summed E-state index contributed by atoms with van der Waals surface area (Å²) in [7, 11) is 0. The number of piperidine rings is 1. The van der Waals surface area contributed by atoms with E-state index < -0.39 is 0 Å². The maximum atomic E-state index is 12.9. The van der Waals surface area contributed by atoms with Gasteiger partial charge in [-0.05, 0) is 24.3 Å². The van der Waals surface area contributed by atoms with Gasteiger partial charge in [-0.15, -0.1) is 0 Å². The fourth-order valence-electron chi connectivity index (χ4n) is 3.93. The lowest BCUT2D eigenvalue weighted by atomic mass is 10.1. The fraction of sp³-hybridized carbons (Fsp3) is 0.400. The van der Waals surface area contributed by atoms with Crippen LogP contribution in [0.2, 0.25) is 0 Å². The molecular weight excluding hydrogens is 389 g/mol. The molecule has 0 radical (unpaired) electrons. The van der Waals surface area contributed by atoms with E-state index in [2.05, 4.69) is 30.0 Å². The van der Waals surface area contributed by atoms with Crippen molar-refractivity contribution >= 4 is 17.9 Å². The van der Waals surface area contributed by atoms with E-state index in [1.54, 1.807) is 6.21 Å². The molecule has 1 unspecified atom stereocenters. The van der Waals surface area contributed by atoms with Gasteiger partial charge in [0, 0.05) is 37.5 Å². The summed E-state index contributed by atoms with van der Waals surface area (Å²) in [5, 5.41) is 3.49. The molecule has 6 rings (SSSR count). The molecule has 1 saturated carbocycles. The van der Waals surface area contributed by atoms with Gasteiger partial charge in [0.2, 0.25) is 5.89 Å². The van der Waals surface area contributed by atoms with Crippen LogP contribution >= 0.6 is 0 Å². The van der Waals surface area contributed by atoms with Gasteiger partial charge < -0.3 is 9.42 Å². The van der Waals surface area contributed by atoms with Gasteiger partial charge in [-0.2, -0.15) is 4.98 Å². The van der Waals surface area contributed by atoms with Gasteiger partial charge in [0.1, 0.15) is 24.5 Å². The summed E-state index contributed by atoms with van der Waals surface area (Å²) in [6.07, 6.45) is 7.37. The van der Waals surface area contributed by atoms with Gasteiger partial charge in [-0.3, -0.25) is 9.36 Å². The van der Waals surface area contributed by atoms with E-state index in [9.17, 15) is 9.18 Å². The van der Waals surface area contributed by atoms with Crippen molar-refractivity contribution in [3.63, 3.8) is 0 Å². The van der Waals surface area contributed by atoms with Crippen molar-refractivity contribution in [2.75, 3.05) is 18.0 Å². The Labute approximate surface area is 171 Å². The third kappa shape index (κ3) is 3.60. The minimum atomic E-state index is -0.189. The van der Waals surface area contributed by atoms with Crippen molar-refractivity contribution in [3.8, 4) is 0 Å². The number of aromatic nitrogens is 5. The predicted octanol–water partition coefficient (Wildman–Crippen LogP) is 2.17. The van der Waals surface area contributed by atoms with Crippen LogP contribution in [0.1, 0.15) is 30.7 Å². The molecule has 3 aromatic heterocycles. The summed E-state index contributed by atoms with van der Waals surface area (Å²) in [6.45, 7) is 4.28. The molecule has 0 N–H and O–H groups in total. The minimum Gasteiger partial charge on any atom is -0.356 e. The fourth-order valence-corrected chi connectivity index (χ4v) is 3.93. The van der Waals surface area contributed by atoms with Gasteiger partial charge in [0.15, 0.2) is 12.1 Å². The van der Waals surface area contributed by atoms with Crippen molar-refractivity contribution in [3.05, 3.63) is 58.6 Å². The maximum absolute atomic E-state index is 12.9. The van der Waals surface area contributed by atoms with E-state index in [4.69, 9.17) is 4.52 Å². The number of rotatable bonds is 3. The zero-order chi connectivity index (χ0) is 20.7. The second-order valence-corrected chi connectivity index (χ2v) is 7.81. The summed E-state index contributed by atoms with van der Waals surface area (Å²) >= 11 is 0. The lowest BCUT2D eigenvalue weighted by molar-refractivity contribution is 0.368. The monoisotopic (exact) mass is 409 g/mol. The smallest absolute Gasteiger partial charge is 0.259 e. The summed E-state index contributed by atoms with van der Waals surface area (Å²) < 4.78 is 19.2. The van der Waals surface area contributed by atoms with E-state index in [0.717, 1.165) is 30.7 Å². The molecule has 10 heteroatoms. The SMILES string of the molecule is CC1C=Nc2ncn(Cc3ncno3)c(=O)c21.Fc1ccnc(N2C[C@H]3C[C@H]3C2)c1. The third-order valence-corrected chi connectivity index (χ3v) is 5.65. The lowest BCUT2D eigenvalue weighted by Crippen LogP contribution is -2.25. The molecule has 30 heavy (non-hydrogen) atoms. The van der Waals surface area contributed by atoms with Crippen LogP contribution in [0, 0.1) is 17.7 Å². The minimum absolute atomic E-state index is 0.000125. The summed E-state index contributed by atoms with van der Waals surface area (Å²) in [5.74, 6) is 3.22. The number of halogens is 1. The van der Waals surface area contributed by atoms with Crippen LogP contribution in [0.5, 0.6) is 0 Å². The second-order valence-electron chi connectivity index (χ2n) is 7.81. The van der Waals surface area contributed by atoms with Crippen molar-refractivity contribution in [1.29, 1.82) is 0 Å². The van der Waals surface area contributed by atoms with E-state index in [-0.39, 0.29) is 23.8 Å². The topological polar surface area (TPSA) is 102 Å². The molecule has 0 aromatic carbocycles. The molecular formula is C20H20FN7O2. The highest BCUT2D eigenvalue weighted by Gasteiger charge is 2.45. The zero-order valence-corrected chi connectivity index (χ0v) is 16.3. The predicted molar refractivity (Wildman–Crippen MR) is 106 cm³/mol. The van der Waals surface area contributed by atoms with Gasteiger partial charge in [0.05, 0.1) is 5.56 Å². The normalized spacial score (nSPS) is 23.0. The van der Waals surface area contributed by atoms with Crippen LogP contribution in [-0.2, 0) is 6.54 Å². The molecule has 0 amide bonds. The Kier molecular flexibility index (Phi) is 4.61. The quantitative estimate of drug-likeness (QED) is 0.653. The number of pyridine rings is 1. The Balaban J connectivity index is 0.000000133. The molecule has 1 aliphatic carbocycles. The molecule has 2 aliphatic heterocycles. The van der Waals surface area contributed by atoms with Crippen LogP contribution in [0.4, 0.5) is 16.0 Å². The number of nitrogens with zero attached hydrogens (tertiary/aromatic N) is 7. The van der Waals surface area contributed by atoms with Crippen LogP contribution in [-0.4, -0.2) is 44.0 Å². The molecule has 3 atom stereocenters. The summed E-state index contributed by atoms with van der Waals surface area (Å²) in [4.78, 5) is 30.6. The van der Waals surface area contributed by atoms with Gasteiger partial charge in [-0.25, -0.2) is 19.4 Å². The molecule has 1 saturated heterocycles. The zero-order valence-electron chi connectivity index (χ0n) is 16.3. The van der Waals surface area contributed by atoms with Crippen molar-refractivity contribution in [2.45, 2.75) is 25.8 Å². The average molecular weight is 409 g/mol. The van der Waals surface area contributed by atoms with Crippen LogP contribution in [0.15, 0.2) is 45.3 Å². The van der Waals surface area contributed by atoms with Gasteiger partial charge >= 0.3 is 0 Å². The first-order valence-corrected chi connectivity index (χ1v) is 9.84. The Morgan fingerprint density at radius 1 is 1.23 bits per heavy atom. The number of aliphatic imine (C=N–C) groups is 1. The average Bonchev–Trinajstić information content (AvgIpc) is 3.14. The maximum Gasteiger partial charge on any atom is 0.259 e. The van der Waals surface area contributed by atoms with Crippen molar-refractivity contribution in [2.24, 2.45) is 16.8 Å². The molecule has 9 nitrogen and oxygen atoms in total. The third-order valence-electron chi connectivity index (χ3n) is 5.65. The first-order valence-electron chi connectivity index (χ1n) is 9.84.